The molecule has 16 heavy (non-hydrogen) atoms. The average Bonchev–Trinajstić information content (AvgIpc) is 2.32. The summed E-state index contributed by atoms with van der Waals surface area (Å²) >= 11 is 0. The number of nitrogens with zero attached hydrogens (tertiary/aromatic N) is 2. The van der Waals surface area contributed by atoms with Gasteiger partial charge in [-0.25, -0.2) is 4.98 Å². The molecule has 0 fully saturated rings. The third kappa shape index (κ3) is 2.55. The van der Waals surface area contributed by atoms with E-state index in [-0.39, 0.29) is 6.61 Å². The van der Waals surface area contributed by atoms with Crippen LogP contribution in [0.4, 0.5) is 0 Å². The van der Waals surface area contributed by atoms with Gasteiger partial charge in [0.05, 0.1) is 12.8 Å². The van der Waals surface area contributed by atoms with Gasteiger partial charge in [0.25, 0.3) is 0 Å². The molecule has 0 bridgehead atoms. The van der Waals surface area contributed by atoms with E-state index in [9.17, 15) is 0 Å². The topological polar surface area (TPSA) is 55.2 Å². The first-order chi connectivity index (χ1) is 7.78. The number of hydrogen-bond donors (Lipinski definition) is 1. The van der Waals surface area contributed by atoms with Crippen LogP contribution in [0, 0.1) is 6.92 Å². The monoisotopic (exact) mass is 216 g/mol. The number of aliphatic hydroxyl groups excluding tert-OH is 1. The van der Waals surface area contributed by atoms with E-state index in [1.807, 2.05) is 19.1 Å². The van der Waals surface area contributed by atoms with E-state index >= 15 is 0 Å². The second-order valence-electron chi connectivity index (χ2n) is 3.40. The Morgan fingerprint density at radius 2 is 2.12 bits per heavy atom. The van der Waals surface area contributed by atoms with Crippen LogP contribution in [0.2, 0.25) is 0 Å². The number of aryl methyl sites for hydroxylation is 1. The molecule has 2 aromatic rings. The standard InChI is InChI=1S/C12H12N2O2/c1-9-2-3-11(7-14-9)16-12-6-10(8-15)4-5-13-12/h2-7,15H,8H2,1H3. The third-order valence-electron chi connectivity index (χ3n) is 2.09. The maximum Gasteiger partial charge on any atom is 0.219 e. The molecule has 0 radical (unpaired) electrons. The van der Waals surface area contributed by atoms with Gasteiger partial charge in [-0.2, -0.15) is 0 Å². The lowest BCUT2D eigenvalue weighted by molar-refractivity contribution is 0.281. The fourth-order valence-electron chi connectivity index (χ4n) is 1.24. The highest BCUT2D eigenvalue weighted by atomic mass is 16.5. The van der Waals surface area contributed by atoms with Crippen LogP contribution in [0.5, 0.6) is 11.6 Å². The van der Waals surface area contributed by atoms with Crippen molar-refractivity contribution in [3.05, 3.63) is 47.9 Å². The van der Waals surface area contributed by atoms with E-state index in [1.54, 1.807) is 24.5 Å². The summed E-state index contributed by atoms with van der Waals surface area (Å²) in [6, 6.07) is 7.13. The Morgan fingerprint density at radius 3 is 2.81 bits per heavy atom. The molecule has 4 heteroatoms. The van der Waals surface area contributed by atoms with Crippen molar-refractivity contribution in [3.63, 3.8) is 0 Å². The van der Waals surface area contributed by atoms with Crippen molar-refractivity contribution in [3.8, 4) is 11.6 Å². The van der Waals surface area contributed by atoms with Crippen molar-refractivity contribution in [2.24, 2.45) is 0 Å². The zero-order valence-corrected chi connectivity index (χ0v) is 8.92. The van der Waals surface area contributed by atoms with Gasteiger partial charge in [-0.3, -0.25) is 4.98 Å². The van der Waals surface area contributed by atoms with Crippen LogP contribution < -0.4 is 4.74 Å². The quantitative estimate of drug-likeness (QED) is 0.853. The summed E-state index contributed by atoms with van der Waals surface area (Å²) in [6.07, 6.45) is 3.24. The van der Waals surface area contributed by atoms with Crippen molar-refractivity contribution >= 4 is 0 Å². The first kappa shape index (κ1) is 10.6. The lowest BCUT2D eigenvalue weighted by Crippen LogP contribution is -1.91. The van der Waals surface area contributed by atoms with Gasteiger partial charge in [-0.15, -0.1) is 0 Å². The van der Waals surface area contributed by atoms with E-state index in [0.29, 0.717) is 11.6 Å². The fraction of sp³-hybridized carbons (Fsp3) is 0.167. The highest BCUT2D eigenvalue weighted by Gasteiger charge is 2.00. The number of aliphatic hydroxyl groups is 1. The minimum absolute atomic E-state index is 0.0228. The molecule has 2 aromatic heterocycles. The molecule has 0 amide bonds. The van der Waals surface area contributed by atoms with E-state index in [4.69, 9.17) is 9.84 Å². The molecule has 0 aliphatic rings. The Balaban J connectivity index is 2.16. The SMILES string of the molecule is Cc1ccc(Oc2cc(CO)ccn2)cn1. The number of rotatable bonds is 3. The first-order valence-electron chi connectivity index (χ1n) is 4.94. The minimum Gasteiger partial charge on any atom is -0.437 e. The molecule has 1 N–H and O–H groups in total. The predicted molar refractivity (Wildman–Crippen MR) is 59.2 cm³/mol. The Bertz CT molecular complexity index is 469. The van der Waals surface area contributed by atoms with Crippen molar-refractivity contribution in [2.75, 3.05) is 0 Å². The van der Waals surface area contributed by atoms with Gasteiger partial charge in [0.2, 0.25) is 5.88 Å². The van der Waals surface area contributed by atoms with Crippen LogP contribution in [0.3, 0.4) is 0 Å². The van der Waals surface area contributed by atoms with Crippen LogP contribution in [-0.4, -0.2) is 15.1 Å². The molecule has 0 unspecified atom stereocenters. The van der Waals surface area contributed by atoms with E-state index < -0.39 is 0 Å². The smallest absolute Gasteiger partial charge is 0.219 e. The number of hydrogen-bond acceptors (Lipinski definition) is 4. The molecule has 0 aliphatic heterocycles. The van der Waals surface area contributed by atoms with Crippen molar-refractivity contribution < 1.29 is 9.84 Å². The van der Waals surface area contributed by atoms with Gasteiger partial charge in [-0.05, 0) is 30.7 Å². The van der Waals surface area contributed by atoms with Crippen LogP contribution in [0.1, 0.15) is 11.3 Å². The highest BCUT2D eigenvalue weighted by molar-refractivity contribution is 5.27. The Hall–Kier alpha value is -1.94. The molecule has 2 rings (SSSR count). The second-order valence-corrected chi connectivity index (χ2v) is 3.40. The van der Waals surface area contributed by atoms with Gasteiger partial charge in [0.1, 0.15) is 5.75 Å². The van der Waals surface area contributed by atoms with E-state index in [1.165, 1.54) is 0 Å². The molecule has 0 aromatic carbocycles. The summed E-state index contributed by atoms with van der Waals surface area (Å²) in [4.78, 5) is 8.16. The van der Waals surface area contributed by atoms with Crippen LogP contribution >= 0.6 is 0 Å². The largest absolute Gasteiger partial charge is 0.437 e. The Labute approximate surface area is 93.6 Å². The third-order valence-corrected chi connectivity index (χ3v) is 2.09. The molecule has 0 saturated carbocycles. The van der Waals surface area contributed by atoms with E-state index in [0.717, 1.165) is 11.3 Å². The summed E-state index contributed by atoms with van der Waals surface area (Å²) in [5.41, 5.74) is 1.70. The van der Waals surface area contributed by atoms with Gasteiger partial charge < -0.3 is 9.84 Å². The highest BCUT2D eigenvalue weighted by Crippen LogP contribution is 2.18. The number of ether oxygens (including phenoxy) is 1. The fourth-order valence-corrected chi connectivity index (χ4v) is 1.24. The Morgan fingerprint density at radius 1 is 1.25 bits per heavy atom. The maximum atomic E-state index is 8.97. The Kier molecular flexibility index (Phi) is 3.12. The predicted octanol–water partition coefficient (Wildman–Crippen LogP) is 2.07. The van der Waals surface area contributed by atoms with Gasteiger partial charge in [0.15, 0.2) is 0 Å². The van der Waals surface area contributed by atoms with Crippen LogP contribution in [-0.2, 0) is 6.61 Å². The van der Waals surface area contributed by atoms with Gasteiger partial charge in [0, 0.05) is 18.0 Å². The normalized spacial score (nSPS) is 10.1. The first-order valence-corrected chi connectivity index (χ1v) is 4.94. The minimum atomic E-state index is -0.0228. The summed E-state index contributed by atoms with van der Waals surface area (Å²) in [7, 11) is 0. The molecule has 2 heterocycles. The van der Waals surface area contributed by atoms with Gasteiger partial charge >= 0.3 is 0 Å². The summed E-state index contributed by atoms with van der Waals surface area (Å²) < 4.78 is 5.49. The van der Waals surface area contributed by atoms with Crippen LogP contribution in [0.25, 0.3) is 0 Å². The average molecular weight is 216 g/mol. The maximum absolute atomic E-state index is 8.97. The zero-order chi connectivity index (χ0) is 11.4. The van der Waals surface area contributed by atoms with Gasteiger partial charge in [-0.1, -0.05) is 0 Å². The lowest BCUT2D eigenvalue weighted by Gasteiger charge is -2.05. The van der Waals surface area contributed by atoms with Crippen LogP contribution in [0.15, 0.2) is 36.7 Å². The zero-order valence-electron chi connectivity index (χ0n) is 8.92. The molecule has 0 spiro atoms. The molecule has 0 aliphatic carbocycles. The van der Waals surface area contributed by atoms with Crippen molar-refractivity contribution in [1.82, 2.24) is 9.97 Å². The summed E-state index contributed by atoms with van der Waals surface area (Å²) in [5, 5.41) is 8.97. The molecular formula is C12H12N2O2. The molecule has 0 atom stereocenters. The molecule has 4 nitrogen and oxygen atoms in total. The molecule has 0 saturated heterocycles. The number of aromatic nitrogens is 2. The van der Waals surface area contributed by atoms with E-state index in [2.05, 4.69) is 9.97 Å². The van der Waals surface area contributed by atoms with Crippen molar-refractivity contribution in [1.29, 1.82) is 0 Å². The number of pyridine rings is 2. The second kappa shape index (κ2) is 4.72. The molecular weight excluding hydrogens is 204 g/mol. The summed E-state index contributed by atoms with van der Waals surface area (Å²) in [5.74, 6) is 1.09. The molecule has 82 valence electrons. The summed E-state index contributed by atoms with van der Waals surface area (Å²) in [6.45, 7) is 1.89. The van der Waals surface area contributed by atoms with Crippen molar-refractivity contribution in [2.45, 2.75) is 13.5 Å². The lowest BCUT2D eigenvalue weighted by atomic mass is 10.3.